The summed E-state index contributed by atoms with van der Waals surface area (Å²) in [5, 5.41) is 19.4. The Bertz CT molecular complexity index is 1260. The number of amides is 5. The number of carboxylic acid groups (broad SMARTS) is 1. The third-order valence-electron chi connectivity index (χ3n) is 7.38. The maximum Gasteiger partial charge on any atom is 0.322 e. The Balaban J connectivity index is 2.31. The summed E-state index contributed by atoms with van der Waals surface area (Å²) in [7, 11) is 0. The second-order valence-electron chi connectivity index (χ2n) is 11.2. The zero-order valence-electron chi connectivity index (χ0n) is 26.8. The molecule has 0 unspecified atom stereocenters. The standard InChI is InChI=1S/C30H47N9O7S/c1-18(31)29(46)39-14-7-11-23(39)28(45)38-22(16-19-8-4-3-5-9-19)27(44)36-20(10-6-13-34-30(32)33)26(43)37-21(12-15-47-2)25(42)35-17-24(40)41/h3-5,8-9,18,20-23H,6-7,10-17,31H2,1-2H3,(H,35,42)(H,36,44)(H,37,43)(H,38,45)(H,40,41)(H4,32,33,34)/t18-,20-,21-,22-,23-/m0/s1. The van der Waals surface area contributed by atoms with Gasteiger partial charge < -0.3 is 48.5 Å². The van der Waals surface area contributed by atoms with Crippen molar-refractivity contribution in [2.24, 2.45) is 22.2 Å². The van der Waals surface area contributed by atoms with Gasteiger partial charge in [-0.2, -0.15) is 11.8 Å². The van der Waals surface area contributed by atoms with E-state index in [0.29, 0.717) is 25.1 Å². The molecular weight excluding hydrogens is 630 g/mol. The topological polar surface area (TPSA) is 264 Å². The van der Waals surface area contributed by atoms with E-state index in [1.807, 2.05) is 12.3 Å². The number of benzene rings is 1. The molecule has 16 nitrogen and oxygen atoms in total. The lowest BCUT2D eigenvalue weighted by molar-refractivity contribution is -0.140. The van der Waals surface area contributed by atoms with E-state index < -0.39 is 66.4 Å². The molecule has 5 amide bonds. The lowest BCUT2D eigenvalue weighted by atomic mass is 10.0. The van der Waals surface area contributed by atoms with Crippen LogP contribution in [0.3, 0.4) is 0 Å². The van der Waals surface area contributed by atoms with Gasteiger partial charge in [-0.25, -0.2) is 0 Å². The Morgan fingerprint density at radius 3 is 2.21 bits per heavy atom. The fourth-order valence-corrected chi connectivity index (χ4v) is 5.47. The monoisotopic (exact) mass is 677 g/mol. The van der Waals surface area contributed by atoms with Crippen molar-refractivity contribution in [1.29, 1.82) is 0 Å². The molecule has 1 heterocycles. The average Bonchev–Trinajstić information content (AvgIpc) is 3.53. The minimum Gasteiger partial charge on any atom is -0.480 e. The number of thioether (sulfide) groups is 1. The number of aliphatic imine (C=N–C) groups is 1. The Kier molecular flexibility index (Phi) is 16.5. The maximum absolute atomic E-state index is 13.8. The number of nitrogens with zero attached hydrogens (tertiary/aromatic N) is 2. The lowest BCUT2D eigenvalue weighted by Gasteiger charge is -2.28. The number of hydrogen-bond acceptors (Lipinski definition) is 9. The number of guanidine groups is 1. The summed E-state index contributed by atoms with van der Waals surface area (Å²) in [6.07, 6.45) is 3.47. The van der Waals surface area contributed by atoms with Crippen molar-refractivity contribution < 1.29 is 33.9 Å². The van der Waals surface area contributed by atoms with Crippen LogP contribution in [0.25, 0.3) is 0 Å². The zero-order chi connectivity index (χ0) is 34.9. The quantitative estimate of drug-likeness (QED) is 0.0452. The Labute approximate surface area is 278 Å². The minimum atomic E-state index is -1.24. The molecule has 1 fully saturated rings. The normalized spacial score (nSPS) is 16.6. The molecule has 5 atom stereocenters. The van der Waals surface area contributed by atoms with Crippen molar-refractivity contribution in [1.82, 2.24) is 26.2 Å². The molecule has 1 aliphatic rings. The molecule has 0 radical (unpaired) electrons. The number of hydrogen-bond donors (Lipinski definition) is 8. The van der Waals surface area contributed by atoms with Crippen LogP contribution in [0, 0.1) is 0 Å². The van der Waals surface area contributed by atoms with Gasteiger partial charge in [-0.15, -0.1) is 0 Å². The number of rotatable bonds is 19. The van der Waals surface area contributed by atoms with E-state index in [0.717, 1.165) is 5.56 Å². The summed E-state index contributed by atoms with van der Waals surface area (Å²) in [6, 6.07) is 4.00. The first-order chi connectivity index (χ1) is 22.3. The summed E-state index contributed by atoms with van der Waals surface area (Å²) in [4.78, 5) is 82.6. The van der Waals surface area contributed by atoms with Crippen molar-refractivity contribution in [2.45, 2.75) is 75.7 Å². The molecule has 1 aromatic carbocycles. The predicted octanol–water partition coefficient (Wildman–Crippen LogP) is -1.97. The highest BCUT2D eigenvalue weighted by atomic mass is 32.2. The number of nitrogens with one attached hydrogen (secondary N) is 4. The number of nitrogens with two attached hydrogens (primary N) is 3. The van der Waals surface area contributed by atoms with E-state index in [-0.39, 0.29) is 44.1 Å². The van der Waals surface area contributed by atoms with E-state index in [1.54, 1.807) is 31.2 Å². The van der Waals surface area contributed by atoms with Gasteiger partial charge >= 0.3 is 5.97 Å². The fraction of sp³-hybridized carbons (Fsp3) is 0.567. The highest BCUT2D eigenvalue weighted by Gasteiger charge is 2.37. The Morgan fingerprint density at radius 2 is 1.62 bits per heavy atom. The summed E-state index contributed by atoms with van der Waals surface area (Å²) < 4.78 is 0. The Morgan fingerprint density at radius 1 is 0.979 bits per heavy atom. The molecule has 1 aliphatic heterocycles. The van der Waals surface area contributed by atoms with Gasteiger partial charge in [0.05, 0.1) is 6.04 Å². The van der Waals surface area contributed by atoms with Crippen LogP contribution in [0.1, 0.15) is 44.6 Å². The summed E-state index contributed by atoms with van der Waals surface area (Å²) >= 11 is 1.43. The van der Waals surface area contributed by atoms with E-state index in [2.05, 4.69) is 26.3 Å². The molecule has 11 N–H and O–H groups in total. The van der Waals surface area contributed by atoms with Gasteiger partial charge in [0, 0.05) is 19.5 Å². The van der Waals surface area contributed by atoms with Gasteiger partial charge in [-0.05, 0) is 56.6 Å². The maximum atomic E-state index is 13.8. The molecule has 0 saturated carbocycles. The number of likely N-dealkylation sites (tertiary alicyclic amines) is 1. The van der Waals surface area contributed by atoms with Gasteiger partial charge in [0.1, 0.15) is 30.7 Å². The molecule has 0 aromatic heterocycles. The summed E-state index contributed by atoms with van der Waals surface area (Å²) in [5.41, 5.74) is 17.4. The number of carboxylic acids is 1. The number of carbonyl (C=O) groups excluding carboxylic acids is 5. The summed E-state index contributed by atoms with van der Waals surface area (Å²) in [6.45, 7) is 1.44. The van der Waals surface area contributed by atoms with E-state index in [1.165, 1.54) is 16.7 Å². The SMILES string of the molecule is CSCC[C@H](NC(=O)[C@H](CCCN=C(N)N)NC(=O)[C@H](Cc1ccccc1)NC(=O)[C@@H]1CCCN1C(=O)[C@H](C)N)C(=O)NCC(=O)O. The van der Waals surface area contributed by atoms with Gasteiger partial charge in [-0.3, -0.25) is 33.8 Å². The van der Waals surface area contributed by atoms with Gasteiger partial charge in [-0.1, -0.05) is 30.3 Å². The van der Waals surface area contributed by atoms with E-state index in [4.69, 9.17) is 22.3 Å². The van der Waals surface area contributed by atoms with E-state index >= 15 is 0 Å². The van der Waals surface area contributed by atoms with E-state index in [9.17, 15) is 28.8 Å². The molecule has 0 spiro atoms. The molecule has 0 bridgehead atoms. The molecule has 17 heteroatoms. The highest BCUT2D eigenvalue weighted by Crippen LogP contribution is 2.19. The third kappa shape index (κ3) is 13.5. The van der Waals surface area contributed by atoms with Crippen molar-refractivity contribution in [3.63, 3.8) is 0 Å². The number of carbonyl (C=O) groups is 6. The smallest absolute Gasteiger partial charge is 0.322 e. The average molecular weight is 678 g/mol. The highest BCUT2D eigenvalue weighted by molar-refractivity contribution is 7.98. The van der Waals surface area contributed by atoms with Crippen LogP contribution in [0.4, 0.5) is 0 Å². The Hall–Kier alpha value is -4.38. The van der Waals surface area contributed by atoms with Crippen LogP contribution in [-0.4, -0.2) is 113 Å². The molecular formula is C30H47N9O7S. The minimum absolute atomic E-state index is 0.0750. The van der Waals surface area contributed by atoms with Crippen LogP contribution in [0.5, 0.6) is 0 Å². The first-order valence-corrected chi connectivity index (χ1v) is 16.8. The first-order valence-electron chi connectivity index (χ1n) is 15.4. The predicted molar refractivity (Wildman–Crippen MR) is 178 cm³/mol. The van der Waals surface area contributed by atoms with Gasteiger partial charge in [0.2, 0.25) is 29.5 Å². The zero-order valence-corrected chi connectivity index (χ0v) is 27.6. The third-order valence-corrected chi connectivity index (χ3v) is 8.02. The first kappa shape index (κ1) is 38.8. The van der Waals surface area contributed by atoms with Crippen LogP contribution < -0.4 is 38.5 Å². The second kappa shape index (κ2) is 20.0. The molecule has 1 saturated heterocycles. The molecule has 0 aliphatic carbocycles. The van der Waals surface area contributed by atoms with Crippen LogP contribution in [-0.2, 0) is 35.2 Å². The van der Waals surface area contributed by atoms with Crippen molar-refractivity contribution in [3.05, 3.63) is 35.9 Å². The van der Waals surface area contributed by atoms with Crippen LogP contribution in [0.2, 0.25) is 0 Å². The van der Waals surface area contributed by atoms with Crippen molar-refractivity contribution >= 4 is 53.2 Å². The molecule has 47 heavy (non-hydrogen) atoms. The van der Waals surface area contributed by atoms with Gasteiger partial charge in [0.25, 0.3) is 0 Å². The largest absolute Gasteiger partial charge is 0.480 e. The second-order valence-corrected chi connectivity index (χ2v) is 12.2. The van der Waals surface area contributed by atoms with Crippen LogP contribution in [0.15, 0.2) is 35.3 Å². The number of aliphatic carboxylic acids is 1. The molecule has 1 aromatic rings. The molecule has 260 valence electrons. The summed E-state index contributed by atoms with van der Waals surface area (Å²) in [5.74, 6) is -3.82. The van der Waals surface area contributed by atoms with Crippen molar-refractivity contribution in [3.8, 4) is 0 Å². The molecule has 2 rings (SSSR count). The van der Waals surface area contributed by atoms with Crippen molar-refractivity contribution in [2.75, 3.05) is 31.6 Å². The lowest BCUT2D eigenvalue weighted by Crippen LogP contribution is -2.59. The van der Waals surface area contributed by atoms with Gasteiger partial charge in [0.15, 0.2) is 5.96 Å². The van der Waals surface area contributed by atoms with Crippen LogP contribution >= 0.6 is 11.8 Å². The fourth-order valence-electron chi connectivity index (χ4n) is 5.00.